The maximum atomic E-state index is 14.0. The Morgan fingerprint density at radius 2 is 1.49 bits per heavy atom. The van der Waals surface area contributed by atoms with Crippen LogP contribution < -0.4 is 10.6 Å². The zero-order valence-corrected chi connectivity index (χ0v) is 24.5. The van der Waals surface area contributed by atoms with Gasteiger partial charge in [-0.3, -0.25) is 14.5 Å². The molecule has 0 bridgehead atoms. The molecule has 0 aliphatic heterocycles. The van der Waals surface area contributed by atoms with Crippen molar-refractivity contribution in [3.8, 4) is 0 Å². The van der Waals surface area contributed by atoms with Crippen LogP contribution in [0.2, 0.25) is 0 Å². The first-order valence-electron chi connectivity index (χ1n) is 13.8. The van der Waals surface area contributed by atoms with Gasteiger partial charge in [-0.2, -0.15) is 0 Å². The fourth-order valence-corrected chi connectivity index (χ4v) is 5.22. The van der Waals surface area contributed by atoms with Crippen molar-refractivity contribution in [2.45, 2.75) is 64.3 Å². The second-order valence-electron chi connectivity index (χ2n) is 11.6. The first-order chi connectivity index (χ1) is 19.3. The molecule has 3 aromatic rings. The van der Waals surface area contributed by atoms with Crippen molar-refractivity contribution in [1.82, 2.24) is 20.1 Å². The molecule has 0 aliphatic carbocycles. The zero-order valence-electron chi connectivity index (χ0n) is 24.5. The molecule has 1 heterocycles. The molecule has 0 spiro atoms. The summed E-state index contributed by atoms with van der Waals surface area (Å²) in [5, 5.41) is 27.5. The van der Waals surface area contributed by atoms with Crippen molar-refractivity contribution in [2.75, 3.05) is 7.05 Å². The Hall–Kier alpha value is -4.11. The average Bonchev–Trinajstić information content (AvgIpc) is 3.34. The van der Waals surface area contributed by atoms with Crippen LogP contribution in [-0.4, -0.2) is 62.4 Å². The number of carboxylic acid groups (broad SMARTS) is 1. The summed E-state index contributed by atoms with van der Waals surface area (Å²) < 4.78 is 1.66. The van der Waals surface area contributed by atoms with Crippen LogP contribution in [0.1, 0.15) is 55.2 Å². The van der Waals surface area contributed by atoms with E-state index < -0.39 is 41.1 Å². The minimum absolute atomic E-state index is 0.0793. The van der Waals surface area contributed by atoms with Crippen molar-refractivity contribution in [3.63, 3.8) is 0 Å². The molecule has 1 aromatic heterocycles. The van der Waals surface area contributed by atoms with E-state index in [0.717, 1.165) is 16.0 Å². The Labute approximate surface area is 242 Å². The minimum atomic E-state index is -1.64. The monoisotopic (exact) mass is 562 g/mol. The molecule has 41 heavy (non-hydrogen) atoms. The highest BCUT2D eigenvalue weighted by molar-refractivity contribution is 5.94. The van der Waals surface area contributed by atoms with Gasteiger partial charge in [0.25, 0.3) is 5.91 Å². The van der Waals surface area contributed by atoms with Gasteiger partial charge in [0.1, 0.15) is 17.4 Å². The molecule has 0 saturated carbocycles. The van der Waals surface area contributed by atoms with Crippen molar-refractivity contribution in [3.05, 3.63) is 95.8 Å². The molecule has 3 amide bonds. The number of likely N-dealkylation sites (N-methyl/N-ethyl adjacent to an activating group) is 1. The Morgan fingerprint density at radius 3 is 2.00 bits per heavy atom. The van der Waals surface area contributed by atoms with Gasteiger partial charge in [-0.25, -0.2) is 4.79 Å². The number of benzene rings is 2. The molecule has 3 atom stereocenters. The molecule has 3 rings (SSSR count). The maximum absolute atomic E-state index is 14.0. The van der Waals surface area contributed by atoms with Crippen LogP contribution in [0.25, 0.3) is 0 Å². The van der Waals surface area contributed by atoms with Crippen LogP contribution in [0.4, 0.5) is 4.79 Å². The topological polar surface area (TPSA) is 124 Å². The van der Waals surface area contributed by atoms with Crippen molar-refractivity contribution in [1.29, 1.82) is 0 Å². The summed E-state index contributed by atoms with van der Waals surface area (Å²) in [6, 6.07) is 21.4. The summed E-state index contributed by atoms with van der Waals surface area (Å²) >= 11 is 0. The van der Waals surface area contributed by atoms with Gasteiger partial charge >= 0.3 is 6.09 Å². The van der Waals surface area contributed by atoms with E-state index in [1.165, 1.54) is 7.05 Å². The largest absolute Gasteiger partial charge is 0.465 e. The summed E-state index contributed by atoms with van der Waals surface area (Å²) in [4.78, 5) is 40.5. The number of aliphatic hydroxyl groups excluding tert-OH is 1. The van der Waals surface area contributed by atoms with E-state index >= 15 is 0 Å². The molecule has 4 N–H and O–H groups in total. The number of nitrogens with zero attached hydrogens (tertiary/aromatic N) is 2. The van der Waals surface area contributed by atoms with Crippen molar-refractivity contribution in [2.24, 2.45) is 12.5 Å². The Morgan fingerprint density at radius 1 is 0.902 bits per heavy atom. The van der Waals surface area contributed by atoms with E-state index in [-0.39, 0.29) is 12.8 Å². The summed E-state index contributed by atoms with van der Waals surface area (Å²) in [6.07, 6.45) is 0.918. The highest BCUT2D eigenvalue weighted by Crippen LogP contribution is 2.27. The molecule has 9 nitrogen and oxygen atoms in total. The lowest BCUT2D eigenvalue weighted by Gasteiger charge is -2.43. The lowest BCUT2D eigenvalue weighted by molar-refractivity contribution is -0.133. The van der Waals surface area contributed by atoms with E-state index in [0.29, 0.717) is 18.5 Å². The van der Waals surface area contributed by atoms with Gasteiger partial charge < -0.3 is 25.4 Å². The second kappa shape index (κ2) is 13.5. The number of carbonyl (C=O) groups is 3. The Kier molecular flexibility index (Phi) is 10.3. The molecule has 220 valence electrons. The quantitative estimate of drug-likeness (QED) is 0.246. The summed E-state index contributed by atoms with van der Waals surface area (Å²) in [7, 11) is 3.08. The van der Waals surface area contributed by atoms with Gasteiger partial charge in [-0.1, -0.05) is 81.4 Å². The number of rotatable bonds is 12. The first kappa shape index (κ1) is 31.4. The number of aryl methyl sites for hydroxylation is 2. The van der Waals surface area contributed by atoms with Gasteiger partial charge in [0.15, 0.2) is 0 Å². The summed E-state index contributed by atoms with van der Waals surface area (Å²) in [5.74, 6) is -1.10. The number of hydrogen-bond acceptors (Lipinski definition) is 4. The van der Waals surface area contributed by atoms with Gasteiger partial charge in [0.2, 0.25) is 5.91 Å². The molecule has 9 heteroatoms. The normalized spacial score (nSPS) is 14.4. The zero-order chi connectivity index (χ0) is 30.2. The van der Waals surface area contributed by atoms with Crippen LogP contribution in [-0.2, 0) is 24.7 Å². The molecule has 0 unspecified atom stereocenters. The second-order valence-corrected chi connectivity index (χ2v) is 11.6. The van der Waals surface area contributed by atoms with E-state index in [2.05, 4.69) is 10.6 Å². The lowest BCUT2D eigenvalue weighted by Crippen LogP contribution is -2.71. The predicted octanol–water partition coefficient (Wildman–Crippen LogP) is 4.22. The Bertz CT molecular complexity index is 1300. The van der Waals surface area contributed by atoms with Crippen LogP contribution in [0.15, 0.2) is 79.0 Å². The van der Waals surface area contributed by atoms with E-state index in [1.54, 1.807) is 50.7 Å². The summed E-state index contributed by atoms with van der Waals surface area (Å²) in [6.45, 7) is 5.32. The maximum Gasteiger partial charge on any atom is 0.407 e. The van der Waals surface area contributed by atoms with Crippen LogP contribution in [0.5, 0.6) is 0 Å². The van der Waals surface area contributed by atoms with Crippen molar-refractivity contribution < 1.29 is 24.6 Å². The first-order valence-corrected chi connectivity index (χ1v) is 13.8. The lowest BCUT2D eigenvalue weighted by atomic mass is 9.83. The summed E-state index contributed by atoms with van der Waals surface area (Å²) in [5.41, 5.74) is -0.180. The molecule has 0 fully saturated rings. The fourth-order valence-electron chi connectivity index (χ4n) is 5.22. The molecule has 0 aliphatic rings. The Balaban J connectivity index is 2.04. The SMILES string of the molecule is CN(C(=O)O)[C@H](C(=O)N[C@@](Cc1ccccc1)(NC(=O)c1cccn1C)[C@@H](O)CCCc1ccccc1)C(C)(C)C. The van der Waals surface area contributed by atoms with E-state index in [9.17, 15) is 24.6 Å². The molecule has 2 aromatic carbocycles. The fraction of sp³-hybridized carbons (Fsp3) is 0.406. The van der Waals surface area contributed by atoms with E-state index in [1.807, 2.05) is 60.7 Å². The predicted molar refractivity (Wildman–Crippen MR) is 158 cm³/mol. The smallest absolute Gasteiger partial charge is 0.407 e. The number of aliphatic hydroxyl groups is 1. The highest BCUT2D eigenvalue weighted by atomic mass is 16.4. The van der Waals surface area contributed by atoms with Gasteiger partial charge in [-0.05, 0) is 47.9 Å². The third kappa shape index (κ3) is 8.20. The number of nitrogens with one attached hydrogen (secondary N) is 2. The number of amides is 3. The molecule has 0 radical (unpaired) electrons. The average molecular weight is 563 g/mol. The van der Waals surface area contributed by atoms with Crippen LogP contribution in [0, 0.1) is 5.41 Å². The number of aromatic nitrogens is 1. The van der Waals surface area contributed by atoms with Crippen molar-refractivity contribution >= 4 is 17.9 Å². The van der Waals surface area contributed by atoms with Gasteiger partial charge in [0, 0.05) is 26.7 Å². The van der Waals surface area contributed by atoms with Gasteiger partial charge in [-0.15, -0.1) is 0 Å². The molecular weight excluding hydrogens is 520 g/mol. The third-order valence-corrected chi connectivity index (χ3v) is 7.30. The minimum Gasteiger partial charge on any atom is -0.465 e. The highest BCUT2D eigenvalue weighted by Gasteiger charge is 2.46. The van der Waals surface area contributed by atoms with E-state index in [4.69, 9.17) is 0 Å². The van der Waals surface area contributed by atoms with Gasteiger partial charge in [0.05, 0.1) is 6.10 Å². The molecular formula is C32H42N4O5. The van der Waals surface area contributed by atoms with Crippen LogP contribution >= 0.6 is 0 Å². The molecule has 0 saturated heterocycles. The number of carbonyl (C=O) groups excluding carboxylic acids is 2. The van der Waals surface area contributed by atoms with Crippen LogP contribution in [0.3, 0.4) is 0 Å². The third-order valence-electron chi connectivity index (χ3n) is 7.30. The standard InChI is InChI=1S/C32H42N4O5/c1-31(2,3)27(36(5)30(40)41)29(39)34-32(22-24-16-10-7-11-17-24,33-28(38)25-19-13-21-35(25)4)26(37)20-12-18-23-14-8-6-9-15-23/h6-11,13-17,19,21,26-27,37H,12,18,20,22H2,1-5H3,(H,33,38)(H,34,39)(H,40,41)/t26-,27+,32+/m0/s1. The number of hydrogen-bond donors (Lipinski definition) is 4.